The Balaban J connectivity index is 2.02. The van der Waals surface area contributed by atoms with Crippen molar-refractivity contribution in [1.29, 1.82) is 0 Å². The van der Waals surface area contributed by atoms with Crippen LogP contribution < -0.4 is 10.2 Å². The lowest BCUT2D eigenvalue weighted by Crippen LogP contribution is -2.36. The molecule has 1 aromatic heterocycles. The molecule has 4 nitrogen and oxygen atoms in total. The zero-order valence-corrected chi connectivity index (χ0v) is 16.7. The van der Waals surface area contributed by atoms with E-state index < -0.39 is 0 Å². The minimum absolute atomic E-state index is 0.173. The molecule has 144 valence electrons. The van der Waals surface area contributed by atoms with Crippen LogP contribution >= 0.6 is 0 Å². The summed E-state index contributed by atoms with van der Waals surface area (Å²) in [5.74, 6) is 0.907. The van der Waals surface area contributed by atoms with Crippen LogP contribution in [0.5, 0.6) is 0 Å². The molecule has 0 atom stereocenters. The van der Waals surface area contributed by atoms with E-state index in [-0.39, 0.29) is 6.10 Å². The molecular weight excluding hydrogens is 334 g/mol. The predicted octanol–water partition coefficient (Wildman–Crippen LogP) is 5.30. The molecule has 4 heteroatoms. The van der Waals surface area contributed by atoms with Crippen molar-refractivity contribution in [3.63, 3.8) is 0 Å². The van der Waals surface area contributed by atoms with Gasteiger partial charge < -0.3 is 15.3 Å². The fraction of sp³-hybridized carbons (Fsp3) is 0.435. The van der Waals surface area contributed by atoms with Gasteiger partial charge in [0.05, 0.1) is 6.10 Å². The van der Waals surface area contributed by atoms with Gasteiger partial charge in [-0.25, -0.2) is 4.98 Å². The topological polar surface area (TPSA) is 48.4 Å². The Morgan fingerprint density at radius 3 is 2.52 bits per heavy atom. The number of pyridine rings is 1. The summed E-state index contributed by atoms with van der Waals surface area (Å²) in [5, 5.41) is 13.4. The maximum absolute atomic E-state index is 9.89. The van der Waals surface area contributed by atoms with Crippen LogP contribution in [0.3, 0.4) is 0 Å². The molecule has 0 unspecified atom stereocenters. The van der Waals surface area contributed by atoms with Crippen molar-refractivity contribution < 1.29 is 5.11 Å². The summed E-state index contributed by atoms with van der Waals surface area (Å²) in [6, 6.07) is 10.5. The zero-order valence-electron chi connectivity index (χ0n) is 16.7. The summed E-state index contributed by atoms with van der Waals surface area (Å²) in [7, 11) is 0. The highest BCUT2D eigenvalue weighted by Crippen LogP contribution is 2.37. The SMILES string of the molecule is CC/C=C(\CC)c1c(N2CCC(O)CC2)ccnc1Nc1ccc(C)cc1. The normalized spacial score (nSPS) is 15.9. The summed E-state index contributed by atoms with van der Waals surface area (Å²) in [6.07, 6.45) is 7.63. The van der Waals surface area contributed by atoms with E-state index in [0.717, 1.165) is 50.3 Å². The van der Waals surface area contributed by atoms with Crippen molar-refractivity contribution in [3.05, 3.63) is 53.7 Å². The van der Waals surface area contributed by atoms with Crippen LogP contribution in [0, 0.1) is 6.92 Å². The van der Waals surface area contributed by atoms with Gasteiger partial charge >= 0.3 is 0 Å². The van der Waals surface area contributed by atoms with E-state index in [0.29, 0.717) is 0 Å². The van der Waals surface area contributed by atoms with Crippen molar-refractivity contribution in [3.8, 4) is 0 Å². The fourth-order valence-corrected chi connectivity index (χ4v) is 3.68. The molecule has 0 spiro atoms. The number of nitrogens with zero attached hydrogens (tertiary/aromatic N) is 2. The van der Waals surface area contributed by atoms with E-state index in [2.05, 4.69) is 72.4 Å². The zero-order chi connectivity index (χ0) is 19.2. The molecular formula is C23H31N3O. The Morgan fingerprint density at radius 1 is 1.19 bits per heavy atom. The van der Waals surface area contributed by atoms with E-state index in [1.165, 1.54) is 22.4 Å². The van der Waals surface area contributed by atoms with Gasteiger partial charge in [0.15, 0.2) is 0 Å². The molecule has 2 N–H and O–H groups in total. The average molecular weight is 366 g/mol. The van der Waals surface area contributed by atoms with Gasteiger partial charge in [0.25, 0.3) is 0 Å². The number of piperidine rings is 1. The van der Waals surface area contributed by atoms with Crippen molar-refractivity contribution in [2.24, 2.45) is 0 Å². The van der Waals surface area contributed by atoms with Crippen LogP contribution in [0.25, 0.3) is 5.57 Å². The third-order valence-electron chi connectivity index (χ3n) is 5.20. The standard InChI is InChI=1S/C23H31N3O/c1-4-6-18(5-2)22-21(26-15-12-20(27)13-16-26)11-14-24-23(22)25-19-9-7-17(3)8-10-19/h6-11,14,20,27H,4-5,12-13,15-16H2,1-3H3,(H,24,25)/b18-6+. The number of anilines is 3. The number of aryl methyl sites for hydroxylation is 1. The number of rotatable bonds is 6. The van der Waals surface area contributed by atoms with E-state index in [1.54, 1.807) is 0 Å². The van der Waals surface area contributed by atoms with Gasteiger partial charge in [-0.2, -0.15) is 0 Å². The number of nitrogens with one attached hydrogen (secondary N) is 1. The second-order valence-corrected chi connectivity index (χ2v) is 7.25. The molecule has 0 aliphatic carbocycles. The van der Waals surface area contributed by atoms with E-state index in [9.17, 15) is 5.11 Å². The number of aliphatic hydroxyl groups excluding tert-OH is 1. The first kappa shape index (κ1) is 19.4. The quantitative estimate of drug-likeness (QED) is 0.729. The number of allylic oxidation sites excluding steroid dienone is 2. The largest absolute Gasteiger partial charge is 0.393 e. The molecule has 1 fully saturated rings. The molecule has 2 aromatic rings. The fourth-order valence-electron chi connectivity index (χ4n) is 3.68. The second kappa shape index (κ2) is 9.05. The van der Waals surface area contributed by atoms with E-state index >= 15 is 0 Å². The summed E-state index contributed by atoms with van der Waals surface area (Å²) in [6.45, 7) is 8.23. The van der Waals surface area contributed by atoms with Gasteiger partial charge in [0.2, 0.25) is 0 Å². The lowest BCUT2D eigenvalue weighted by molar-refractivity contribution is 0.145. The third-order valence-corrected chi connectivity index (χ3v) is 5.20. The number of hydrogen-bond donors (Lipinski definition) is 2. The van der Waals surface area contributed by atoms with Crippen molar-refractivity contribution >= 4 is 22.8 Å². The highest BCUT2D eigenvalue weighted by molar-refractivity contribution is 5.85. The number of aromatic nitrogens is 1. The molecule has 0 saturated carbocycles. The molecule has 1 aromatic carbocycles. The monoisotopic (exact) mass is 365 g/mol. The Bertz CT molecular complexity index is 775. The molecule has 1 saturated heterocycles. The molecule has 0 radical (unpaired) electrons. The summed E-state index contributed by atoms with van der Waals surface area (Å²) < 4.78 is 0. The minimum Gasteiger partial charge on any atom is -0.393 e. The van der Waals surface area contributed by atoms with Crippen molar-refractivity contribution in [2.75, 3.05) is 23.3 Å². The Morgan fingerprint density at radius 2 is 1.89 bits per heavy atom. The summed E-state index contributed by atoms with van der Waals surface area (Å²) >= 11 is 0. The summed E-state index contributed by atoms with van der Waals surface area (Å²) in [4.78, 5) is 7.08. The Labute approximate surface area is 162 Å². The molecule has 3 rings (SSSR count). The number of hydrogen-bond acceptors (Lipinski definition) is 4. The number of aliphatic hydroxyl groups is 1. The Kier molecular flexibility index (Phi) is 6.51. The van der Waals surface area contributed by atoms with E-state index in [1.807, 2.05) is 6.20 Å². The van der Waals surface area contributed by atoms with Crippen LogP contribution in [0.15, 0.2) is 42.6 Å². The van der Waals surface area contributed by atoms with Crippen molar-refractivity contribution in [2.45, 2.75) is 52.6 Å². The van der Waals surface area contributed by atoms with Crippen LogP contribution in [-0.4, -0.2) is 29.3 Å². The van der Waals surface area contributed by atoms with Crippen molar-refractivity contribution in [1.82, 2.24) is 4.98 Å². The lowest BCUT2D eigenvalue weighted by atomic mass is 9.98. The predicted molar refractivity (Wildman–Crippen MR) is 115 cm³/mol. The van der Waals surface area contributed by atoms with Gasteiger partial charge in [-0.1, -0.05) is 37.6 Å². The van der Waals surface area contributed by atoms with Gasteiger partial charge in [-0.3, -0.25) is 0 Å². The highest BCUT2D eigenvalue weighted by atomic mass is 16.3. The maximum atomic E-state index is 9.89. The van der Waals surface area contributed by atoms with Gasteiger partial charge in [-0.05, 0) is 56.4 Å². The maximum Gasteiger partial charge on any atom is 0.139 e. The molecule has 2 heterocycles. The van der Waals surface area contributed by atoms with Gasteiger partial charge in [-0.15, -0.1) is 0 Å². The third kappa shape index (κ3) is 4.69. The first-order valence-electron chi connectivity index (χ1n) is 10.1. The summed E-state index contributed by atoms with van der Waals surface area (Å²) in [5.41, 5.74) is 6.02. The highest BCUT2D eigenvalue weighted by Gasteiger charge is 2.22. The molecule has 0 amide bonds. The smallest absolute Gasteiger partial charge is 0.139 e. The second-order valence-electron chi connectivity index (χ2n) is 7.25. The Hall–Kier alpha value is -2.33. The first-order chi connectivity index (χ1) is 13.1. The van der Waals surface area contributed by atoms with Gasteiger partial charge in [0, 0.05) is 36.2 Å². The molecule has 27 heavy (non-hydrogen) atoms. The number of benzene rings is 1. The lowest BCUT2D eigenvalue weighted by Gasteiger charge is -2.33. The first-order valence-corrected chi connectivity index (χ1v) is 10.1. The molecule has 1 aliphatic heterocycles. The van der Waals surface area contributed by atoms with Crippen LogP contribution in [0.4, 0.5) is 17.2 Å². The average Bonchev–Trinajstić information content (AvgIpc) is 2.69. The van der Waals surface area contributed by atoms with Gasteiger partial charge in [0.1, 0.15) is 5.82 Å². The molecule has 1 aliphatic rings. The van der Waals surface area contributed by atoms with E-state index in [4.69, 9.17) is 0 Å². The molecule has 0 bridgehead atoms. The van der Waals surface area contributed by atoms with Crippen LogP contribution in [0.2, 0.25) is 0 Å². The minimum atomic E-state index is -0.173. The van der Waals surface area contributed by atoms with Crippen LogP contribution in [0.1, 0.15) is 50.7 Å². The van der Waals surface area contributed by atoms with Crippen LogP contribution in [-0.2, 0) is 0 Å².